The van der Waals surface area contributed by atoms with Gasteiger partial charge in [-0.2, -0.15) is 0 Å². The van der Waals surface area contributed by atoms with Crippen LogP contribution in [0.25, 0.3) is 0 Å². The van der Waals surface area contributed by atoms with Crippen LogP contribution in [-0.2, 0) is 4.79 Å². The summed E-state index contributed by atoms with van der Waals surface area (Å²) in [6.45, 7) is 9.25. The van der Waals surface area contributed by atoms with Gasteiger partial charge in [0.25, 0.3) is 0 Å². The lowest BCUT2D eigenvalue weighted by Crippen LogP contribution is -2.54. The molecule has 1 aliphatic carbocycles. The van der Waals surface area contributed by atoms with Crippen molar-refractivity contribution in [1.82, 2.24) is 15.1 Å². The van der Waals surface area contributed by atoms with Gasteiger partial charge in [-0.3, -0.25) is 14.6 Å². The van der Waals surface area contributed by atoms with Gasteiger partial charge in [-0.05, 0) is 26.7 Å². The number of nitrogens with zero attached hydrogens (tertiary/aromatic N) is 2. The SMILES string of the molecule is CC(C)N1CCN(C(CN)CC(=O)NC2CC2)CC1. The van der Waals surface area contributed by atoms with Crippen molar-refractivity contribution in [3.8, 4) is 0 Å². The number of hydrogen-bond acceptors (Lipinski definition) is 4. The Bertz CT molecular complexity index is 296. The third-order valence-corrected chi connectivity index (χ3v) is 4.23. The van der Waals surface area contributed by atoms with Crippen molar-refractivity contribution < 1.29 is 4.79 Å². The highest BCUT2D eigenvalue weighted by atomic mass is 16.1. The Morgan fingerprint density at radius 2 is 1.79 bits per heavy atom. The molecule has 5 heteroatoms. The zero-order valence-corrected chi connectivity index (χ0v) is 12.3. The predicted molar refractivity (Wildman–Crippen MR) is 76.9 cm³/mol. The van der Waals surface area contributed by atoms with E-state index < -0.39 is 0 Å². The molecule has 0 aromatic rings. The van der Waals surface area contributed by atoms with E-state index in [-0.39, 0.29) is 11.9 Å². The normalized spacial score (nSPS) is 23.6. The van der Waals surface area contributed by atoms with Gasteiger partial charge in [0.05, 0.1) is 0 Å². The maximum atomic E-state index is 11.9. The molecule has 2 fully saturated rings. The first-order chi connectivity index (χ1) is 9.10. The van der Waals surface area contributed by atoms with Crippen molar-refractivity contribution in [2.45, 2.75) is 51.2 Å². The Morgan fingerprint density at radius 3 is 2.26 bits per heavy atom. The Kier molecular flexibility index (Phi) is 5.19. The molecule has 1 aliphatic heterocycles. The van der Waals surface area contributed by atoms with Crippen LogP contribution in [0, 0.1) is 0 Å². The summed E-state index contributed by atoms with van der Waals surface area (Å²) >= 11 is 0. The quantitative estimate of drug-likeness (QED) is 0.712. The van der Waals surface area contributed by atoms with Crippen LogP contribution in [0.15, 0.2) is 0 Å². The van der Waals surface area contributed by atoms with E-state index in [0.29, 0.717) is 25.0 Å². The molecule has 0 aromatic heterocycles. The van der Waals surface area contributed by atoms with Crippen LogP contribution in [0.5, 0.6) is 0 Å². The molecule has 0 aromatic carbocycles. The van der Waals surface area contributed by atoms with Gasteiger partial charge in [-0.1, -0.05) is 0 Å². The molecule has 1 atom stereocenters. The van der Waals surface area contributed by atoms with Gasteiger partial charge < -0.3 is 11.1 Å². The van der Waals surface area contributed by atoms with Crippen molar-refractivity contribution in [2.24, 2.45) is 5.73 Å². The van der Waals surface area contributed by atoms with E-state index in [0.717, 1.165) is 39.0 Å². The standard InChI is InChI=1S/C14H28N4O/c1-11(2)17-5-7-18(8-6-17)13(10-15)9-14(19)16-12-3-4-12/h11-13H,3-10,15H2,1-2H3,(H,16,19). The van der Waals surface area contributed by atoms with Crippen molar-refractivity contribution in [2.75, 3.05) is 32.7 Å². The first-order valence-corrected chi connectivity index (χ1v) is 7.57. The fourth-order valence-electron chi connectivity index (χ4n) is 2.71. The minimum absolute atomic E-state index is 0.171. The molecular formula is C14H28N4O. The average Bonchev–Trinajstić information content (AvgIpc) is 3.20. The van der Waals surface area contributed by atoms with Crippen molar-refractivity contribution in [3.05, 3.63) is 0 Å². The summed E-state index contributed by atoms with van der Waals surface area (Å²) in [6, 6.07) is 1.26. The summed E-state index contributed by atoms with van der Waals surface area (Å²) in [7, 11) is 0. The van der Waals surface area contributed by atoms with E-state index >= 15 is 0 Å². The number of carbonyl (C=O) groups excluding carboxylic acids is 1. The summed E-state index contributed by atoms with van der Waals surface area (Å²) in [4.78, 5) is 16.7. The van der Waals surface area contributed by atoms with Crippen LogP contribution in [0.3, 0.4) is 0 Å². The van der Waals surface area contributed by atoms with Crippen molar-refractivity contribution in [3.63, 3.8) is 0 Å². The van der Waals surface area contributed by atoms with E-state index in [9.17, 15) is 4.79 Å². The zero-order valence-electron chi connectivity index (χ0n) is 12.3. The van der Waals surface area contributed by atoms with Crippen molar-refractivity contribution >= 4 is 5.91 Å². The average molecular weight is 268 g/mol. The minimum atomic E-state index is 0.171. The maximum absolute atomic E-state index is 11.9. The van der Waals surface area contributed by atoms with Gasteiger partial charge in [-0.15, -0.1) is 0 Å². The van der Waals surface area contributed by atoms with Crippen LogP contribution in [0.4, 0.5) is 0 Å². The lowest BCUT2D eigenvalue weighted by molar-refractivity contribution is -0.122. The van der Waals surface area contributed by atoms with Crippen LogP contribution in [0.1, 0.15) is 33.1 Å². The Balaban J connectivity index is 1.76. The highest BCUT2D eigenvalue weighted by Gasteiger charge is 2.28. The molecule has 2 rings (SSSR count). The van der Waals surface area contributed by atoms with Crippen LogP contribution < -0.4 is 11.1 Å². The topological polar surface area (TPSA) is 61.6 Å². The summed E-state index contributed by atoms with van der Waals surface area (Å²) in [5.41, 5.74) is 5.86. The number of hydrogen-bond donors (Lipinski definition) is 2. The molecule has 0 radical (unpaired) electrons. The Morgan fingerprint density at radius 1 is 1.21 bits per heavy atom. The Hall–Kier alpha value is -0.650. The molecule has 1 heterocycles. The number of piperazine rings is 1. The van der Waals surface area contributed by atoms with Gasteiger partial charge >= 0.3 is 0 Å². The molecule has 1 amide bonds. The van der Waals surface area contributed by atoms with Gasteiger partial charge in [0.1, 0.15) is 0 Å². The highest BCUT2D eigenvalue weighted by Crippen LogP contribution is 2.19. The molecule has 5 nitrogen and oxygen atoms in total. The second kappa shape index (κ2) is 6.68. The monoisotopic (exact) mass is 268 g/mol. The fourth-order valence-corrected chi connectivity index (χ4v) is 2.71. The molecule has 3 N–H and O–H groups in total. The summed E-state index contributed by atoms with van der Waals surface area (Å²) in [5, 5.41) is 3.05. The number of amides is 1. The van der Waals surface area contributed by atoms with Crippen LogP contribution in [-0.4, -0.2) is 66.6 Å². The molecule has 1 saturated carbocycles. The van der Waals surface area contributed by atoms with E-state index in [2.05, 4.69) is 29.0 Å². The molecule has 0 spiro atoms. The fraction of sp³-hybridized carbons (Fsp3) is 0.929. The number of rotatable bonds is 6. The minimum Gasteiger partial charge on any atom is -0.353 e. The third kappa shape index (κ3) is 4.44. The molecule has 1 unspecified atom stereocenters. The lowest BCUT2D eigenvalue weighted by Gasteiger charge is -2.40. The van der Waals surface area contributed by atoms with Crippen LogP contribution >= 0.6 is 0 Å². The van der Waals surface area contributed by atoms with Gasteiger partial charge in [-0.25, -0.2) is 0 Å². The first kappa shape index (κ1) is 14.8. The Labute approximate surface area is 116 Å². The number of carbonyl (C=O) groups is 1. The third-order valence-electron chi connectivity index (χ3n) is 4.23. The lowest BCUT2D eigenvalue weighted by atomic mass is 10.1. The molecule has 19 heavy (non-hydrogen) atoms. The molecular weight excluding hydrogens is 240 g/mol. The summed E-state index contributed by atoms with van der Waals surface area (Å²) in [6.07, 6.45) is 2.84. The molecule has 0 bridgehead atoms. The second-order valence-electron chi connectivity index (χ2n) is 6.10. The molecule has 110 valence electrons. The summed E-state index contributed by atoms with van der Waals surface area (Å²) in [5.74, 6) is 0.171. The first-order valence-electron chi connectivity index (χ1n) is 7.57. The summed E-state index contributed by atoms with van der Waals surface area (Å²) < 4.78 is 0. The number of nitrogens with one attached hydrogen (secondary N) is 1. The second-order valence-corrected chi connectivity index (χ2v) is 6.10. The van der Waals surface area contributed by atoms with Gasteiger partial charge in [0.2, 0.25) is 5.91 Å². The van der Waals surface area contributed by atoms with E-state index in [1.807, 2.05) is 0 Å². The maximum Gasteiger partial charge on any atom is 0.221 e. The van der Waals surface area contributed by atoms with Gasteiger partial charge in [0, 0.05) is 57.3 Å². The van der Waals surface area contributed by atoms with E-state index in [4.69, 9.17) is 5.73 Å². The zero-order chi connectivity index (χ0) is 13.8. The largest absolute Gasteiger partial charge is 0.353 e. The van der Waals surface area contributed by atoms with E-state index in [1.54, 1.807) is 0 Å². The van der Waals surface area contributed by atoms with Crippen LogP contribution in [0.2, 0.25) is 0 Å². The van der Waals surface area contributed by atoms with Crippen molar-refractivity contribution in [1.29, 1.82) is 0 Å². The predicted octanol–water partition coefficient (Wildman–Crippen LogP) is 0.00840. The highest BCUT2D eigenvalue weighted by molar-refractivity contribution is 5.77. The number of nitrogens with two attached hydrogens (primary N) is 1. The van der Waals surface area contributed by atoms with Gasteiger partial charge in [0.15, 0.2) is 0 Å². The smallest absolute Gasteiger partial charge is 0.221 e. The van der Waals surface area contributed by atoms with E-state index in [1.165, 1.54) is 0 Å². The molecule has 1 saturated heterocycles. The molecule has 2 aliphatic rings.